The van der Waals surface area contributed by atoms with Crippen LogP contribution in [0.25, 0.3) is 11.3 Å². The van der Waals surface area contributed by atoms with Gasteiger partial charge in [-0.25, -0.2) is 4.98 Å². The number of hydrogen-bond acceptors (Lipinski definition) is 6. The lowest BCUT2D eigenvalue weighted by Crippen LogP contribution is -2.17. The highest BCUT2D eigenvalue weighted by atomic mass is 15.3. The van der Waals surface area contributed by atoms with E-state index < -0.39 is 0 Å². The molecule has 0 radical (unpaired) electrons. The van der Waals surface area contributed by atoms with Crippen molar-refractivity contribution in [3.8, 4) is 11.3 Å². The Morgan fingerprint density at radius 1 is 1.21 bits per heavy atom. The molecule has 0 saturated heterocycles. The van der Waals surface area contributed by atoms with Crippen molar-refractivity contribution in [3.05, 3.63) is 41.6 Å². The standard InChI is InChI=1S/C20H28N8/c1-12(2)25-20-18(22-8-15-9-23-27(5)11-15)7-17(26-19(20)13(3)21)16-10-24-28(6)14(16)4/h7,9-12,21,25H,8H2,1-6H3,(H,22,26). The van der Waals surface area contributed by atoms with E-state index in [0.29, 0.717) is 18.0 Å². The summed E-state index contributed by atoms with van der Waals surface area (Å²) in [6.07, 6.45) is 5.65. The SMILES string of the molecule is CC(=N)c1nc(-c2cnn(C)c2C)cc(NCc2cnn(C)c2)c1NC(C)C. The molecular weight excluding hydrogens is 352 g/mol. The van der Waals surface area contributed by atoms with E-state index in [1.165, 1.54) is 0 Å². The lowest BCUT2D eigenvalue weighted by Gasteiger charge is -2.20. The van der Waals surface area contributed by atoms with E-state index >= 15 is 0 Å². The van der Waals surface area contributed by atoms with Gasteiger partial charge in [-0.05, 0) is 33.8 Å². The summed E-state index contributed by atoms with van der Waals surface area (Å²) in [5.41, 5.74) is 6.69. The number of hydrogen-bond donors (Lipinski definition) is 3. The van der Waals surface area contributed by atoms with Crippen LogP contribution in [0.4, 0.5) is 11.4 Å². The minimum Gasteiger partial charge on any atom is -0.379 e. The fraction of sp³-hybridized carbons (Fsp3) is 0.400. The Balaban J connectivity index is 2.08. The summed E-state index contributed by atoms with van der Waals surface area (Å²) in [4.78, 5) is 4.79. The van der Waals surface area contributed by atoms with Gasteiger partial charge in [0.1, 0.15) is 5.69 Å². The molecule has 0 amide bonds. The van der Waals surface area contributed by atoms with Gasteiger partial charge in [-0.2, -0.15) is 10.2 Å². The van der Waals surface area contributed by atoms with E-state index in [2.05, 4.69) is 34.7 Å². The van der Waals surface area contributed by atoms with Crippen molar-refractivity contribution in [2.24, 2.45) is 14.1 Å². The first-order valence-electron chi connectivity index (χ1n) is 9.33. The van der Waals surface area contributed by atoms with Crippen molar-refractivity contribution in [1.29, 1.82) is 5.41 Å². The summed E-state index contributed by atoms with van der Waals surface area (Å²) >= 11 is 0. The Bertz CT molecular complexity index is 996. The number of nitrogens with one attached hydrogen (secondary N) is 3. The van der Waals surface area contributed by atoms with Gasteiger partial charge >= 0.3 is 0 Å². The Labute approximate surface area is 165 Å². The number of rotatable bonds is 7. The molecule has 28 heavy (non-hydrogen) atoms. The molecular formula is C20H28N8. The molecule has 0 aliphatic heterocycles. The van der Waals surface area contributed by atoms with Crippen molar-refractivity contribution in [1.82, 2.24) is 24.5 Å². The second-order valence-corrected chi connectivity index (χ2v) is 7.35. The molecule has 0 aliphatic rings. The summed E-state index contributed by atoms with van der Waals surface area (Å²) in [7, 11) is 3.82. The summed E-state index contributed by atoms with van der Waals surface area (Å²) in [6.45, 7) is 8.56. The minimum atomic E-state index is 0.213. The molecule has 3 aromatic rings. The van der Waals surface area contributed by atoms with Crippen molar-refractivity contribution in [3.63, 3.8) is 0 Å². The van der Waals surface area contributed by atoms with E-state index in [-0.39, 0.29) is 6.04 Å². The van der Waals surface area contributed by atoms with E-state index in [1.54, 1.807) is 11.6 Å². The average Bonchev–Trinajstić information content (AvgIpc) is 3.19. The topological polar surface area (TPSA) is 96.4 Å². The molecule has 0 atom stereocenters. The van der Waals surface area contributed by atoms with Crippen molar-refractivity contribution in [2.45, 2.75) is 40.3 Å². The third-order valence-corrected chi connectivity index (χ3v) is 4.56. The number of nitrogens with zero attached hydrogens (tertiary/aromatic N) is 5. The van der Waals surface area contributed by atoms with E-state index in [9.17, 15) is 0 Å². The summed E-state index contributed by atoms with van der Waals surface area (Å²) in [5.74, 6) is 0. The highest BCUT2D eigenvalue weighted by molar-refractivity contribution is 6.03. The van der Waals surface area contributed by atoms with Crippen LogP contribution in [0.5, 0.6) is 0 Å². The van der Waals surface area contributed by atoms with E-state index in [4.69, 9.17) is 10.4 Å². The Hall–Kier alpha value is -3.16. The highest BCUT2D eigenvalue weighted by Crippen LogP contribution is 2.32. The molecule has 3 N–H and O–H groups in total. The predicted octanol–water partition coefficient (Wildman–Crippen LogP) is 3.34. The van der Waals surface area contributed by atoms with E-state index in [1.807, 2.05) is 50.4 Å². The van der Waals surface area contributed by atoms with Crippen molar-refractivity contribution < 1.29 is 0 Å². The van der Waals surface area contributed by atoms with E-state index in [0.717, 1.165) is 33.9 Å². The molecule has 0 saturated carbocycles. The van der Waals surface area contributed by atoms with Gasteiger partial charge in [0.2, 0.25) is 0 Å². The Morgan fingerprint density at radius 2 is 1.96 bits per heavy atom. The zero-order chi connectivity index (χ0) is 20.4. The Kier molecular flexibility index (Phi) is 5.48. The van der Waals surface area contributed by atoms with Gasteiger partial charge in [-0.1, -0.05) is 0 Å². The van der Waals surface area contributed by atoms with Gasteiger partial charge in [-0.3, -0.25) is 9.36 Å². The Morgan fingerprint density at radius 3 is 2.50 bits per heavy atom. The fourth-order valence-corrected chi connectivity index (χ4v) is 3.04. The van der Waals surface area contributed by atoms with Gasteiger partial charge in [0.05, 0.1) is 35.2 Å². The second-order valence-electron chi connectivity index (χ2n) is 7.35. The number of pyridine rings is 1. The van der Waals surface area contributed by atoms with Crippen LogP contribution in [0.3, 0.4) is 0 Å². The molecule has 3 rings (SSSR count). The first-order chi connectivity index (χ1) is 13.3. The van der Waals surface area contributed by atoms with Crippen molar-refractivity contribution >= 4 is 17.1 Å². The molecule has 3 heterocycles. The summed E-state index contributed by atoms with van der Waals surface area (Å²) in [5, 5.41) is 23.8. The quantitative estimate of drug-likeness (QED) is 0.546. The maximum Gasteiger partial charge on any atom is 0.109 e. The molecule has 8 nitrogen and oxygen atoms in total. The largest absolute Gasteiger partial charge is 0.379 e. The third kappa shape index (κ3) is 4.05. The smallest absolute Gasteiger partial charge is 0.109 e. The zero-order valence-corrected chi connectivity index (χ0v) is 17.3. The summed E-state index contributed by atoms with van der Waals surface area (Å²) in [6, 6.07) is 2.24. The molecule has 0 unspecified atom stereocenters. The van der Waals surface area contributed by atoms with Crippen LogP contribution in [-0.2, 0) is 20.6 Å². The first-order valence-corrected chi connectivity index (χ1v) is 9.33. The second kappa shape index (κ2) is 7.84. The van der Waals surface area contributed by atoms with Crippen LogP contribution in [-0.4, -0.2) is 36.3 Å². The van der Waals surface area contributed by atoms with Crippen molar-refractivity contribution in [2.75, 3.05) is 10.6 Å². The maximum absolute atomic E-state index is 8.27. The van der Waals surface area contributed by atoms with Crippen LogP contribution in [0.15, 0.2) is 24.7 Å². The minimum absolute atomic E-state index is 0.213. The molecule has 8 heteroatoms. The van der Waals surface area contributed by atoms with Crippen LogP contribution in [0, 0.1) is 12.3 Å². The van der Waals surface area contributed by atoms with Crippen LogP contribution in [0.2, 0.25) is 0 Å². The summed E-state index contributed by atoms with van der Waals surface area (Å²) < 4.78 is 3.62. The van der Waals surface area contributed by atoms with Gasteiger partial charge in [-0.15, -0.1) is 0 Å². The maximum atomic E-state index is 8.27. The lowest BCUT2D eigenvalue weighted by molar-refractivity contribution is 0.740. The van der Waals surface area contributed by atoms with Gasteiger partial charge in [0.25, 0.3) is 0 Å². The zero-order valence-electron chi connectivity index (χ0n) is 17.3. The molecule has 0 fully saturated rings. The first kappa shape index (κ1) is 19.6. The molecule has 0 spiro atoms. The van der Waals surface area contributed by atoms with Crippen LogP contribution in [0.1, 0.15) is 37.7 Å². The molecule has 0 bridgehead atoms. The predicted molar refractivity (Wildman–Crippen MR) is 113 cm³/mol. The third-order valence-electron chi connectivity index (χ3n) is 4.56. The molecule has 148 valence electrons. The van der Waals surface area contributed by atoms with Gasteiger partial charge < -0.3 is 16.0 Å². The van der Waals surface area contributed by atoms with Crippen LogP contribution >= 0.6 is 0 Å². The number of aryl methyl sites for hydroxylation is 2. The normalized spacial score (nSPS) is 11.1. The average molecular weight is 381 g/mol. The van der Waals surface area contributed by atoms with Gasteiger partial charge in [0.15, 0.2) is 0 Å². The van der Waals surface area contributed by atoms with Crippen LogP contribution < -0.4 is 10.6 Å². The monoisotopic (exact) mass is 380 g/mol. The molecule has 0 aliphatic carbocycles. The lowest BCUT2D eigenvalue weighted by atomic mass is 10.1. The fourth-order valence-electron chi connectivity index (χ4n) is 3.04. The van der Waals surface area contributed by atoms with Gasteiger partial charge in [0, 0.05) is 49.7 Å². The highest BCUT2D eigenvalue weighted by Gasteiger charge is 2.18. The number of anilines is 2. The molecule has 0 aromatic carbocycles. The molecule has 3 aromatic heterocycles. The number of aromatic nitrogens is 5.